The van der Waals surface area contributed by atoms with Gasteiger partial charge in [0.1, 0.15) is 12.7 Å². The van der Waals surface area contributed by atoms with Crippen LogP contribution in [0.25, 0.3) is 0 Å². The molecule has 2 heterocycles. The molecule has 1 saturated heterocycles. The molecule has 1 amide bonds. The minimum absolute atomic E-state index is 0.226. The standard InChI is InChI=1S/C19H25N5O/c25-19(7-8-24-15-20-14-21-24)23-11-9-22(10-12-23)18-6-5-16-3-1-2-4-17(16)13-18/h1-4,14-15,18H,5-13H2. The maximum absolute atomic E-state index is 12.4. The highest BCUT2D eigenvalue weighted by Gasteiger charge is 2.28. The van der Waals surface area contributed by atoms with Gasteiger partial charge >= 0.3 is 0 Å². The molecule has 0 bridgehead atoms. The lowest BCUT2D eigenvalue weighted by atomic mass is 9.87. The van der Waals surface area contributed by atoms with Gasteiger partial charge in [-0.3, -0.25) is 14.4 Å². The van der Waals surface area contributed by atoms with Crippen molar-refractivity contribution in [2.24, 2.45) is 0 Å². The zero-order valence-corrected chi connectivity index (χ0v) is 14.5. The number of hydrogen-bond donors (Lipinski definition) is 0. The van der Waals surface area contributed by atoms with Crippen LogP contribution in [0.15, 0.2) is 36.9 Å². The van der Waals surface area contributed by atoms with Crippen molar-refractivity contribution in [2.75, 3.05) is 26.2 Å². The van der Waals surface area contributed by atoms with Crippen LogP contribution in [-0.4, -0.2) is 62.7 Å². The molecule has 1 aromatic heterocycles. The number of nitrogens with zero attached hydrogens (tertiary/aromatic N) is 5. The third kappa shape index (κ3) is 3.74. The summed E-state index contributed by atoms with van der Waals surface area (Å²) in [4.78, 5) is 20.9. The van der Waals surface area contributed by atoms with Crippen LogP contribution in [-0.2, 0) is 24.2 Å². The minimum atomic E-state index is 0.226. The van der Waals surface area contributed by atoms with E-state index in [4.69, 9.17) is 0 Å². The number of carbonyl (C=O) groups is 1. The van der Waals surface area contributed by atoms with Crippen molar-refractivity contribution in [3.05, 3.63) is 48.0 Å². The summed E-state index contributed by atoms with van der Waals surface area (Å²) >= 11 is 0. The average Bonchev–Trinajstić information content (AvgIpc) is 3.19. The summed E-state index contributed by atoms with van der Waals surface area (Å²) in [6.07, 6.45) is 7.23. The monoisotopic (exact) mass is 339 g/mol. The van der Waals surface area contributed by atoms with Crippen LogP contribution in [0.3, 0.4) is 0 Å². The van der Waals surface area contributed by atoms with Crippen molar-refractivity contribution in [2.45, 2.75) is 38.3 Å². The van der Waals surface area contributed by atoms with Crippen molar-refractivity contribution < 1.29 is 4.79 Å². The lowest BCUT2D eigenvalue weighted by Crippen LogP contribution is -2.53. The second-order valence-electron chi connectivity index (χ2n) is 6.99. The molecule has 2 aromatic rings. The van der Waals surface area contributed by atoms with Gasteiger partial charge in [0.25, 0.3) is 0 Å². The topological polar surface area (TPSA) is 54.3 Å². The molecule has 1 unspecified atom stereocenters. The second-order valence-corrected chi connectivity index (χ2v) is 6.99. The molecule has 6 nitrogen and oxygen atoms in total. The van der Waals surface area contributed by atoms with Crippen LogP contribution < -0.4 is 0 Å². The average molecular weight is 339 g/mol. The van der Waals surface area contributed by atoms with Gasteiger partial charge in [-0.05, 0) is 30.4 Å². The SMILES string of the molecule is O=C(CCn1cncn1)N1CCN(C2CCc3ccccc3C2)CC1. The molecule has 0 spiro atoms. The molecule has 4 rings (SSSR count). The second kappa shape index (κ2) is 7.35. The Morgan fingerprint density at radius 3 is 2.68 bits per heavy atom. The summed E-state index contributed by atoms with van der Waals surface area (Å²) in [5, 5.41) is 4.05. The van der Waals surface area contributed by atoms with E-state index in [-0.39, 0.29) is 5.91 Å². The highest BCUT2D eigenvalue weighted by molar-refractivity contribution is 5.76. The molecule has 2 aliphatic rings. The predicted octanol–water partition coefficient (Wildman–Crippen LogP) is 1.37. The number of carbonyl (C=O) groups excluding carboxylic acids is 1. The zero-order valence-electron chi connectivity index (χ0n) is 14.5. The summed E-state index contributed by atoms with van der Waals surface area (Å²) in [5.41, 5.74) is 3.02. The normalized spacial score (nSPS) is 21.1. The quantitative estimate of drug-likeness (QED) is 0.844. The van der Waals surface area contributed by atoms with Gasteiger partial charge in [-0.15, -0.1) is 0 Å². The lowest BCUT2D eigenvalue weighted by molar-refractivity contribution is -0.133. The molecule has 25 heavy (non-hydrogen) atoms. The zero-order chi connectivity index (χ0) is 17.1. The van der Waals surface area contributed by atoms with Crippen LogP contribution in [0.4, 0.5) is 0 Å². The molecule has 1 atom stereocenters. The molecule has 0 radical (unpaired) electrons. The van der Waals surface area contributed by atoms with E-state index in [0.717, 1.165) is 32.6 Å². The Kier molecular flexibility index (Phi) is 4.78. The maximum Gasteiger partial charge on any atom is 0.224 e. The summed E-state index contributed by atoms with van der Waals surface area (Å²) in [6.45, 7) is 4.27. The van der Waals surface area contributed by atoms with Crippen LogP contribution in [0, 0.1) is 0 Å². The van der Waals surface area contributed by atoms with Crippen molar-refractivity contribution in [1.82, 2.24) is 24.6 Å². The van der Waals surface area contributed by atoms with Crippen LogP contribution in [0.5, 0.6) is 0 Å². The van der Waals surface area contributed by atoms with E-state index in [1.165, 1.54) is 30.3 Å². The van der Waals surface area contributed by atoms with E-state index in [1.54, 1.807) is 11.0 Å². The fourth-order valence-corrected chi connectivity index (χ4v) is 4.04. The lowest BCUT2D eigenvalue weighted by Gasteiger charge is -2.41. The van der Waals surface area contributed by atoms with Crippen LogP contribution in [0.2, 0.25) is 0 Å². The highest BCUT2D eigenvalue weighted by Crippen LogP contribution is 2.25. The number of hydrogen-bond acceptors (Lipinski definition) is 4. The van der Waals surface area contributed by atoms with Crippen LogP contribution >= 0.6 is 0 Å². The Balaban J connectivity index is 1.26. The predicted molar refractivity (Wildman–Crippen MR) is 95.0 cm³/mol. The molecule has 0 N–H and O–H groups in total. The maximum atomic E-state index is 12.4. The van der Waals surface area contributed by atoms with Gasteiger partial charge in [-0.1, -0.05) is 24.3 Å². The van der Waals surface area contributed by atoms with E-state index in [2.05, 4.69) is 39.2 Å². The van der Waals surface area contributed by atoms with Gasteiger partial charge in [-0.25, -0.2) is 4.98 Å². The van der Waals surface area contributed by atoms with Crippen molar-refractivity contribution in [3.63, 3.8) is 0 Å². The van der Waals surface area contributed by atoms with Gasteiger partial charge < -0.3 is 4.90 Å². The molecule has 132 valence electrons. The number of benzene rings is 1. The summed E-state index contributed by atoms with van der Waals surface area (Å²) in [6, 6.07) is 9.45. The Labute approximate surface area is 148 Å². The minimum Gasteiger partial charge on any atom is -0.340 e. The first-order valence-corrected chi connectivity index (χ1v) is 9.20. The van der Waals surface area contributed by atoms with Gasteiger partial charge in [-0.2, -0.15) is 5.10 Å². The summed E-state index contributed by atoms with van der Waals surface area (Å²) in [7, 11) is 0. The molecule has 1 aliphatic heterocycles. The smallest absolute Gasteiger partial charge is 0.224 e. The first-order valence-electron chi connectivity index (χ1n) is 9.20. The number of piperazine rings is 1. The number of aromatic nitrogens is 3. The Bertz CT molecular complexity index is 706. The Morgan fingerprint density at radius 2 is 1.92 bits per heavy atom. The van der Waals surface area contributed by atoms with Gasteiger partial charge in [0.05, 0.1) is 6.54 Å². The van der Waals surface area contributed by atoms with E-state index < -0.39 is 0 Å². The first kappa shape index (κ1) is 16.3. The van der Waals surface area contributed by atoms with Gasteiger partial charge in [0.15, 0.2) is 0 Å². The molecule has 6 heteroatoms. The number of fused-ring (bicyclic) bond motifs is 1. The third-order valence-electron chi connectivity index (χ3n) is 5.53. The molecule has 1 aromatic carbocycles. The van der Waals surface area contributed by atoms with Crippen LogP contribution in [0.1, 0.15) is 24.0 Å². The number of rotatable bonds is 4. The largest absolute Gasteiger partial charge is 0.340 e. The highest BCUT2D eigenvalue weighted by atomic mass is 16.2. The molecule has 1 aliphatic carbocycles. The summed E-state index contributed by atoms with van der Waals surface area (Å²) < 4.78 is 1.72. The number of amides is 1. The molecule has 0 saturated carbocycles. The fraction of sp³-hybridized carbons (Fsp3) is 0.526. The Hall–Kier alpha value is -2.21. The first-order chi connectivity index (χ1) is 12.3. The van der Waals surface area contributed by atoms with Crippen molar-refractivity contribution in [1.29, 1.82) is 0 Å². The van der Waals surface area contributed by atoms with E-state index in [9.17, 15) is 4.79 Å². The number of aryl methyl sites for hydroxylation is 2. The summed E-state index contributed by atoms with van der Waals surface area (Å²) in [5.74, 6) is 0.226. The van der Waals surface area contributed by atoms with E-state index >= 15 is 0 Å². The van der Waals surface area contributed by atoms with E-state index in [0.29, 0.717) is 19.0 Å². The van der Waals surface area contributed by atoms with Crippen molar-refractivity contribution >= 4 is 5.91 Å². The Morgan fingerprint density at radius 1 is 1.12 bits per heavy atom. The van der Waals surface area contributed by atoms with Gasteiger partial charge in [0.2, 0.25) is 5.91 Å². The van der Waals surface area contributed by atoms with E-state index in [1.807, 2.05) is 4.90 Å². The third-order valence-corrected chi connectivity index (χ3v) is 5.53. The van der Waals surface area contributed by atoms with Crippen molar-refractivity contribution in [3.8, 4) is 0 Å². The fourth-order valence-electron chi connectivity index (χ4n) is 4.04. The molecular formula is C19H25N5O. The molecular weight excluding hydrogens is 314 g/mol. The van der Waals surface area contributed by atoms with Gasteiger partial charge in [0, 0.05) is 38.6 Å². The molecule has 1 fully saturated rings.